The summed E-state index contributed by atoms with van der Waals surface area (Å²) in [4.78, 5) is 0. The van der Waals surface area contributed by atoms with E-state index in [2.05, 4.69) is 261 Å². The maximum atomic E-state index is 7.36. The molecule has 1 heterocycles. The predicted octanol–water partition coefficient (Wildman–Crippen LogP) is 18.2. The van der Waals surface area contributed by atoms with E-state index in [0.717, 1.165) is 41.5 Å². The van der Waals surface area contributed by atoms with Crippen molar-refractivity contribution in [2.24, 2.45) is 0 Å². The molecule has 0 amide bonds. The molecule has 75 heavy (non-hydrogen) atoms. The van der Waals surface area contributed by atoms with Crippen molar-refractivity contribution < 1.29 is 4.74 Å². The second-order valence-corrected chi connectivity index (χ2v) is 21.2. The summed E-state index contributed by atoms with van der Waals surface area (Å²) in [6, 6.07) is 98.7. The fraction of sp³-hybridized carbons (Fsp3) is 0.0811. The van der Waals surface area contributed by atoms with Crippen LogP contribution in [0.25, 0.3) is 54.9 Å². The predicted molar refractivity (Wildman–Crippen MR) is 307 cm³/mol. The van der Waals surface area contributed by atoms with Gasteiger partial charge < -0.3 is 4.74 Å². The minimum absolute atomic E-state index is 0.0524. The first kappa shape index (κ1) is 42.5. The third-order valence-corrected chi connectivity index (χ3v) is 17.7. The van der Waals surface area contributed by atoms with E-state index in [4.69, 9.17) is 4.74 Å². The van der Waals surface area contributed by atoms with Crippen molar-refractivity contribution in [1.82, 2.24) is 0 Å². The quantitative estimate of drug-likeness (QED) is 0.155. The summed E-state index contributed by atoms with van der Waals surface area (Å²) in [6.45, 7) is 0. The standard InChI is InChI=1S/C74H50O/c1-3-21-53(22-4-1)73(54-23-5-2-6-24-54)64-31-15-13-28-59(64)63-46-52(39-41-66(63)73)56(40-35-47-34-36-51-45-50-20-9-10-25-55(50)62(51)44-47)60-30-17-33-67-70(60)61-29-14-16-32-65(61)74(67)68-42-37-48-18-7-11-26-57(48)71(68)75-72-58-27-12-8-19-49(58)38-43-69(72)74/h1-34,36-39,41-44,46,56H,35,40,45H2. The molecule has 1 aliphatic heterocycles. The van der Waals surface area contributed by atoms with Gasteiger partial charge in [0.25, 0.3) is 0 Å². The van der Waals surface area contributed by atoms with Crippen molar-refractivity contribution >= 4 is 21.5 Å². The van der Waals surface area contributed by atoms with Gasteiger partial charge in [0, 0.05) is 27.8 Å². The average molecular weight is 955 g/mol. The van der Waals surface area contributed by atoms with Crippen molar-refractivity contribution in [2.75, 3.05) is 0 Å². The summed E-state index contributed by atoms with van der Waals surface area (Å²) < 4.78 is 7.36. The van der Waals surface area contributed by atoms with E-state index in [1.165, 1.54) is 116 Å². The molecule has 1 nitrogen and oxygen atoms in total. The number of aryl methyl sites for hydroxylation is 1. The molecule has 0 radical (unpaired) electrons. The van der Waals surface area contributed by atoms with Crippen molar-refractivity contribution in [3.63, 3.8) is 0 Å². The molecule has 3 aliphatic carbocycles. The van der Waals surface area contributed by atoms with Crippen LogP contribution in [0.3, 0.4) is 0 Å². The largest absolute Gasteiger partial charge is 0.455 e. The van der Waals surface area contributed by atoms with Gasteiger partial charge in [-0.25, -0.2) is 0 Å². The lowest BCUT2D eigenvalue weighted by molar-refractivity contribution is 0.447. The van der Waals surface area contributed by atoms with Crippen LogP contribution in [0.15, 0.2) is 261 Å². The second kappa shape index (κ2) is 16.2. The number of fused-ring (bicyclic) bond motifs is 19. The third-order valence-electron chi connectivity index (χ3n) is 17.7. The minimum Gasteiger partial charge on any atom is -0.455 e. The normalized spacial score (nSPS) is 14.7. The number of hydrogen-bond donors (Lipinski definition) is 0. The molecule has 12 aromatic carbocycles. The van der Waals surface area contributed by atoms with Crippen LogP contribution in [0.1, 0.15) is 84.7 Å². The van der Waals surface area contributed by atoms with Crippen LogP contribution < -0.4 is 4.74 Å². The van der Waals surface area contributed by atoms with Gasteiger partial charge in [-0.2, -0.15) is 0 Å². The first-order valence-electron chi connectivity index (χ1n) is 26.7. The first-order valence-corrected chi connectivity index (χ1v) is 26.7. The number of benzene rings is 12. The molecule has 1 spiro atoms. The van der Waals surface area contributed by atoms with Gasteiger partial charge >= 0.3 is 0 Å². The molecule has 1 heteroatoms. The minimum atomic E-state index is -0.640. The summed E-state index contributed by atoms with van der Waals surface area (Å²) in [5.41, 5.74) is 24.1. The molecule has 0 bridgehead atoms. The topological polar surface area (TPSA) is 9.23 Å². The van der Waals surface area contributed by atoms with Crippen LogP contribution in [-0.2, 0) is 23.7 Å². The Morgan fingerprint density at radius 3 is 1.61 bits per heavy atom. The molecule has 1 unspecified atom stereocenters. The maximum absolute atomic E-state index is 7.36. The lowest BCUT2D eigenvalue weighted by Gasteiger charge is -2.40. The van der Waals surface area contributed by atoms with Gasteiger partial charge in [0.2, 0.25) is 0 Å². The van der Waals surface area contributed by atoms with Gasteiger partial charge in [0.15, 0.2) is 0 Å². The van der Waals surface area contributed by atoms with Crippen LogP contribution in [0.4, 0.5) is 0 Å². The molecule has 352 valence electrons. The Hall–Kier alpha value is -9.04. The molecule has 0 aromatic heterocycles. The number of ether oxygens (including phenoxy) is 1. The lowest BCUT2D eigenvalue weighted by Crippen LogP contribution is -2.32. The SMILES string of the molecule is c1ccc(C2(c3ccccc3)c3ccccc3-c3cc(C(CCc4ccc5c(c4)-c4ccccc4C5)c4cccc5c4-c4ccccc4C54c5ccc6ccccc6c5Oc5c4ccc4ccccc54)ccc32)cc1. The molecule has 16 rings (SSSR count). The Bertz CT molecular complexity index is 4190. The highest BCUT2D eigenvalue weighted by Gasteiger charge is 2.53. The molecular weight excluding hydrogens is 905 g/mol. The van der Waals surface area contributed by atoms with Crippen molar-refractivity contribution in [3.8, 4) is 44.9 Å². The zero-order chi connectivity index (χ0) is 49.2. The second-order valence-electron chi connectivity index (χ2n) is 21.2. The van der Waals surface area contributed by atoms with Gasteiger partial charge in [0.05, 0.1) is 10.8 Å². The zero-order valence-electron chi connectivity index (χ0n) is 41.4. The van der Waals surface area contributed by atoms with Crippen LogP contribution in [0, 0.1) is 0 Å². The Morgan fingerprint density at radius 1 is 0.360 bits per heavy atom. The fourth-order valence-electron chi connectivity index (χ4n) is 14.6. The highest BCUT2D eigenvalue weighted by atomic mass is 16.5. The van der Waals surface area contributed by atoms with E-state index in [0.29, 0.717) is 0 Å². The molecule has 0 saturated heterocycles. The molecule has 4 aliphatic rings. The zero-order valence-corrected chi connectivity index (χ0v) is 41.4. The van der Waals surface area contributed by atoms with Crippen LogP contribution >= 0.6 is 0 Å². The lowest BCUT2D eigenvalue weighted by atomic mass is 9.65. The van der Waals surface area contributed by atoms with E-state index in [-0.39, 0.29) is 5.92 Å². The Morgan fingerprint density at radius 2 is 0.907 bits per heavy atom. The number of hydrogen-bond acceptors (Lipinski definition) is 1. The van der Waals surface area contributed by atoms with E-state index in [1.54, 1.807) is 0 Å². The van der Waals surface area contributed by atoms with E-state index < -0.39 is 10.8 Å². The summed E-state index contributed by atoms with van der Waals surface area (Å²) in [7, 11) is 0. The number of rotatable bonds is 7. The highest BCUT2D eigenvalue weighted by Crippen LogP contribution is 2.65. The molecule has 1 atom stereocenters. The van der Waals surface area contributed by atoms with Gasteiger partial charge in [-0.05, 0) is 125 Å². The van der Waals surface area contributed by atoms with Gasteiger partial charge in [-0.3, -0.25) is 0 Å². The van der Waals surface area contributed by atoms with Gasteiger partial charge in [-0.15, -0.1) is 0 Å². The fourth-order valence-corrected chi connectivity index (χ4v) is 14.6. The van der Waals surface area contributed by atoms with Crippen molar-refractivity contribution in [2.45, 2.75) is 36.0 Å². The van der Waals surface area contributed by atoms with Crippen LogP contribution in [0.5, 0.6) is 11.5 Å². The smallest absolute Gasteiger partial charge is 0.140 e. The maximum Gasteiger partial charge on any atom is 0.140 e. The molecule has 0 N–H and O–H groups in total. The summed E-state index contributed by atoms with van der Waals surface area (Å²) in [6.07, 6.45) is 2.86. The van der Waals surface area contributed by atoms with Crippen molar-refractivity contribution in [3.05, 3.63) is 333 Å². The summed E-state index contributed by atoms with van der Waals surface area (Å²) in [5, 5.41) is 4.61. The van der Waals surface area contributed by atoms with E-state index >= 15 is 0 Å². The van der Waals surface area contributed by atoms with Crippen LogP contribution in [0.2, 0.25) is 0 Å². The van der Waals surface area contributed by atoms with Crippen molar-refractivity contribution in [1.29, 1.82) is 0 Å². The molecule has 0 fully saturated rings. The molecule has 0 saturated carbocycles. The Labute approximate surface area is 438 Å². The van der Waals surface area contributed by atoms with E-state index in [9.17, 15) is 0 Å². The first-order chi connectivity index (χ1) is 37.2. The van der Waals surface area contributed by atoms with Gasteiger partial charge in [0.1, 0.15) is 11.5 Å². The average Bonchev–Trinajstić information content (AvgIpc) is 4.29. The summed E-state index contributed by atoms with van der Waals surface area (Å²) in [5.74, 6) is 1.94. The van der Waals surface area contributed by atoms with Gasteiger partial charge in [-0.1, -0.05) is 261 Å². The van der Waals surface area contributed by atoms with E-state index in [1.807, 2.05) is 0 Å². The molecule has 12 aromatic rings. The highest BCUT2D eigenvalue weighted by molar-refractivity contribution is 6.00. The monoisotopic (exact) mass is 954 g/mol. The molecular formula is C74H50O. The summed E-state index contributed by atoms with van der Waals surface area (Å²) >= 11 is 0. The van der Waals surface area contributed by atoms with Crippen LogP contribution in [-0.4, -0.2) is 0 Å². The third kappa shape index (κ3) is 5.90. The Balaban J connectivity index is 0.945. The Kier molecular flexibility index (Phi) is 9.19.